The maximum absolute atomic E-state index is 12.7. The zero-order valence-electron chi connectivity index (χ0n) is 8.37. The first-order valence-corrected chi connectivity index (χ1v) is 4.84. The number of aromatic nitrogens is 1. The van der Waals surface area contributed by atoms with E-state index in [1.807, 2.05) is 0 Å². The molecule has 1 unspecified atom stereocenters. The molecule has 2 rings (SSSR count). The lowest BCUT2D eigenvalue weighted by Gasteiger charge is -2.09. The van der Waals surface area contributed by atoms with Crippen molar-refractivity contribution < 1.29 is 14.0 Å². The van der Waals surface area contributed by atoms with Gasteiger partial charge in [0.1, 0.15) is 0 Å². The number of carbonyl (C=O) groups excluding carboxylic acids is 2. The van der Waals surface area contributed by atoms with Gasteiger partial charge in [-0.15, -0.1) is 0 Å². The van der Waals surface area contributed by atoms with Gasteiger partial charge < -0.3 is 10.6 Å². The first-order chi connectivity index (χ1) is 7.65. The van der Waals surface area contributed by atoms with Crippen LogP contribution in [-0.2, 0) is 4.79 Å². The number of rotatable bonds is 2. The van der Waals surface area contributed by atoms with E-state index in [2.05, 4.69) is 15.6 Å². The Morgan fingerprint density at radius 3 is 3.06 bits per heavy atom. The molecule has 1 aliphatic rings. The van der Waals surface area contributed by atoms with Crippen molar-refractivity contribution in [2.45, 2.75) is 12.5 Å². The fourth-order valence-electron chi connectivity index (χ4n) is 1.52. The summed E-state index contributed by atoms with van der Waals surface area (Å²) in [5.74, 6) is -1.19. The highest BCUT2D eigenvalue weighted by Crippen LogP contribution is 2.04. The summed E-state index contributed by atoms with van der Waals surface area (Å²) in [7, 11) is 0. The van der Waals surface area contributed by atoms with Crippen LogP contribution in [0.1, 0.15) is 16.8 Å². The quantitative estimate of drug-likeness (QED) is 0.684. The number of nitrogens with zero attached hydrogens (tertiary/aromatic N) is 1. The topological polar surface area (TPSA) is 71.1 Å². The van der Waals surface area contributed by atoms with Crippen molar-refractivity contribution in [3.05, 3.63) is 29.8 Å². The molecule has 1 aromatic rings. The third kappa shape index (κ3) is 2.33. The number of pyridine rings is 1. The predicted octanol–water partition coefficient (Wildman–Crippen LogP) is -0.161. The summed E-state index contributed by atoms with van der Waals surface area (Å²) >= 11 is 0. The van der Waals surface area contributed by atoms with Crippen molar-refractivity contribution in [2.24, 2.45) is 0 Å². The average molecular weight is 223 g/mol. The van der Waals surface area contributed by atoms with Crippen molar-refractivity contribution in [3.63, 3.8) is 0 Å². The van der Waals surface area contributed by atoms with Gasteiger partial charge in [0.25, 0.3) is 5.91 Å². The maximum atomic E-state index is 12.7. The highest BCUT2D eigenvalue weighted by Gasteiger charge is 2.23. The fourth-order valence-corrected chi connectivity index (χ4v) is 1.52. The van der Waals surface area contributed by atoms with E-state index in [0.717, 1.165) is 6.07 Å². The lowest BCUT2D eigenvalue weighted by molar-refractivity contribution is -0.119. The van der Waals surface area contributed by atoms with E-state index in [1.165, 1.54) is 12.3 Å². The van der Waals surface area contributed by atoms with Crippen LogP contribution in [0.25, 0.3) is 0 Å². The van der Waals surface area contributed by atoms with Crippen LogP contribution in [0, 0.1) is 5.95 Å². The Morgan fingerprint density at radius 2 is 2.44 bits per heavy atom. The first kappa shape index (κ1) is 10.5. The molecule has 5 nitrogen and oxygen atoms in total. The predicted molar refractivity (Wildman–Crippen MR) is 53.1 cm³/mol. The second-order valence-corrected chi connectivity index (χ2v) is 3.55. The fraction of sp³-hybridized carbons (Fsp3) is 0.300. The summed E-state index contributed by atoms with van der Waals surface area (Å²) in [4.78, 5) is 25.9. The van der Waals surface area contributed by atoms with Crippen LogP contribution in [0.15, 0.2) is 18.3 Å². The Hall–Kier alpha value is -1.98. The summed E-state index contributed by atoms with van der Waals surface area (Å²) in [5, 5.41) is 5.23. The van der Waals surface area contributed by atoms with E-state index in [-0.39, 0.29) is 23.9 Å². The molecule has 6 heteroatoms. The van der Waals surface area contributed by atoms with Crippen molar-refractivity contribution in [3.8, 4) is 0 Å². The lowest BCUT2D eigenvalue weighted by Crippen LogP contribution is -2.36. The van der Waals surface area contributed by atoms with Crippen LogP contribution in [0.2, 0.25) is 0 Å². The number of hydrogen-bond acceptors (Lipinski definition) is 3. The molecule has 1 fully saturated rings. The van der Waals surface area contributed by atoms with Gasteiger partial charge >= 0.3 is 0 Å². The van der Waals surface area contributed by atoms with Crippen LogP contribution in [0.5, 0.6) is 0 Å². The van der Waals surface area contributed by atoms with Gasteiger partial charge in [0.2, 0.25) is 11.9 Å². The molecule has 0 spiro atoms. The molecule has 0 radical (unpaired) electrons. The Bertz CT molecular complexity index is 436. The first-order valence-electron chi connectivity index (χ1n) is 4.84. The molecule has 1 atom stereocenters. The van der Waals surface area contributed by atoms with Crippen molar-refractivity contribution in [1.82, 2.24) is 15.6 Å². The van der Waals surface area contributed by atoms with E-state index in [4.69, 9.17) is 0 Å². The van der Waals surface area contributed by atoms with Gasteiger partial charge in [0.05, 0.1) is 6.04 Å². The Labute approximate surface area is 91.1 Å². The largest absolute Gasteiger partial charge is 0.354 e. The molecule has 84 valence electrons. The Balaban J connectivity index is 2.00. The number of carbonyl (C=O) groups is 2. The zero-order valence-corrected chi connectivity index (χ0v) is 8.37. The molecular weight excluding hydrogens is 213 g/mol. The van der Waals surface area contributed by atoms with E-state index in [1.54, 1.807) is 0 Å². The van der Waals surface area contributed by atoms with Crippen LogP contribution in [0.3, 0.4) is 0 Å². The number of hydrogen-bond donors (Lipinski definition) is 2. The third-order valence-electron chi connectivity index (χ3n) is 2.30. The summed E-state index contributed by atoms with van der Waals surface area (Å²) < 4.78 is 12.7. The monoisotopic (exact) mass is 223 g/mol. The number of halogens is 1. The van der Waals surface area contributed by atoms with Crippen molar-refractivity contribution >= 4 is 11.8 Å². The third-order valence-corrected chi connectivity index (χ3v) is 2.30. The zero-order chi connectivity index (χ0) is 11.5. The molecule has 0 aliphatic carbocycles. The molecule has 0 saturated carbocycles. The van der Waals surface area contributed by atoms with Crippen LogP contribution in [0.4, 0.5) is 4.39 Å². The van der Waals surface area contributed by atoms with Crippen molar-refractivity contribution in [1.29, 1.82) is 0 Å². The molecule has 0 bridgehead atoms. The van der Waals surface area contributed by atoms with Gasteiger partial charge in [-0.25, -0.2) is 4.98 Å². The summed E-state index contributed by atoms with van der Waals surface area (Å²) in [5.41, 5.74) is 0.201. The molecule has 2 heterocycles. The van der Waals surface area contributed by atoms with E-state index in [9.17, 15) is 14.0 Å². The molecule has 0 aromatic carbocycles. The van der Waals surface area contributed by atoms with Crippen LogP contribution >= 0.6 is 0 Å². The Morgan fingerprint density at radius 1 is 1.62 bits per heavy atom. The van der Waals surface area contributed by atoms with Crippen LogP contribution in [-0.4, -0.2) is 29.4 Å². The normalized spacial score (nSPS) is 19.3. The molecule has 1 aromatic heterocycles. The van der Waals surface area contributed by atoms with E-state index >= 15 is 0 Å². The number of nitrogens with one attached hydrogen (secondary N) is 2. The second-order valence-electron chi connectivity index (χ2n) is 3.55. The van der Waals surface area contributed by atoms with E-state index in [0.29, 0.717) is 6.54 Å². The minimum Gasteiger partial charge on any atom is -0.354 e. The number of amides is 2. The molecule has 1 saturated heterocycles. The standard InChI is InChI=1S/C10H10FN3O2/c11-8-3-6(1-2-12-8)10(16)14-7-4-9(15)13-5-7/h1-3,7H,4-5H2,(H,13,15)(H,14,16). The lowest BCUT2D eigenvalue weighted by atomic mass is 10.2. The minimum atomic E-state index is -0.701. The highest BCUT2D eigenvalue weighted by molar-refractivity contribution is 5.94. The highest BCUT2D eigenvalue weighted by atomic mass is 19.1. The SMILES string of the molecule is O=C1CC(NC(=O)c2ccnc(F)c2)CN1. The summed E-state index contributed by atoms with van der Waals surface area (Å²) in [6.07, 6.45) is 1.49. The second kappa shape index (κ2) is 4.26. The van der Waals surface area contributed by atoms with Gasteiger partial charge in [-0.05, 0) is 6.07 Å². The van der Waals surface area contributed by atoms with Gasteiger partial charge in [-0.1, -0.05) is 0 Å². The molecule has 2 N–H and O–H groups in total. The van der Waals surface area contributed by atoms with Gasteiger partial charge in [-0.3, -0.25) is 9.59 Å². The minimum absolute atomic E-state index is 0.0915. The van der Waals surface area contributed by atoms with Gasteiger partial charge in [-0.2, -0.15) is 4.39 Å². The van der Waals surface area contributed by atoms with Crippen LogP contribution < -0.4 is 10.6 Å². The van der Waals surface area contributed by atoms with Crippen molar-refractivity contribution in [2.75, 3.05) is 6.54 Å². The Kier molecular flexibility index (Phi) is 2.80. The molecule has 1 aliphatic heterocycles. The van der Waals surface area contributed by atoms with E-state index < -0.39 is 11.9 Å². The molecular formula is C10H10FN3O2. The van der Waals surface area contributed by atoms with Gasteiger partial charge in [0, 0.05) is 30.8 Å². The summed E-state index contributed by atoms with van der Waals surface area (Å²) in [6, 6.07) is 2.25. The maximum Gasteiger partial charge on any atom is 0.251 e. The average Bonchev–Trinajstić information content (AvgIpc) is 2.64. The van der Waals surface area contributed by atoms with Gasteiger partial charge in [0.15, 0.2) is 0 Å². The molecule has 2 amide bonds. The molecule has 16 heavy (non-hydrogen) atoms. The smallest absolute Gasteiger partial charge is 0.251 e. The summed E-state index contributed by atoms with van der Waals surface area (Å²) in [6.45, 7) is 0.415.